The Balaban J connectivity index is 1.83. The Kier molecular flexibility index (Phi) is 4.92. The van der Waals surface area contributed by atoms with Crippen molar-refractivity contribution >= 4 is 17.5 Å². The molecule has 0 unspecified atom stereocenters. The predicted octanol–water partition coefficient (Wildman–Crippen LogP) is 3.06. The molecule has 1 aromatic rings. The van der Waals surface area contributed by atoms with Crippen molar-refractivity contribution in [1.82, 2.24) is 9.88 Å². The Morgan fingerprint density at radius 1 is 1.43 bits per heavy atom. The van der Waals surface area contributed by atoms with Gasteiger partial charge < -0.3 is 9.64 Å². The SMILES string of the molecule is O=C(CC(F)(F)F)N1CCC(Oc2ccncc2Cl)CC1. The number of likely N-dealkylation sites (tertiary alicyclic amines) is 1. The summed E-state index contributed by atoms with van der Waals surface area (Å²) in [6.45, 7) is 0.505. The number of halogens is 4. The summed E-state index contributed by atoms with van der Waals surface area (Å²) >= 11 is 5.92. The van der Waals surface area contributed by atoms with E-state index in [9.17, 15) is 18.0 Å². The van der Waals surface area contributed by atoms with Gasteiger partial charge in [-0.2, -0.15) is 13.2 Å². The lowest BCUT2D eigenvalue weighted by Crippen LogP contribution is -2.43. The molecule has 2 rings (SSSR count). The summed E-state index contributed by atoms with van der Waals surface area (Å²) in [7, 11) is 0. The standard InChI is InChI=1S/C13H14ClF3N2O2/c14-10-8-18-4-1-11(10)21-9-2-5-19(6-3-9)12(20)7-13(15,16)17/h1,4,8-9H,2-3,5-7H2. The van der Waals surface area contributed by atoms with Gasteiger partial charge in [-0.3, -0.25) is 9.78 Å². The van der Waals surface area contributed by atoms with E-state index in [2.05, 4.69) is 4.98 Å². The number of piperidine rings is 1. The van der Waals surface area contributed by atoms with Gasteiger partial charge in [0.25, 0.3) is 0 Å². The summed E-state index contributed by atoms with van der Waals surface area (Å²) in [5.41, 5.74) is 0. The highest BCUT2D eigenvalue weighted by atomic mass is 35.5. The monoisotopic (exact) mass is 322 g/mol. The van der Waals surface area contributed by atoms with Gasteiger partial charge in [-0.1, -0.05) is 11.6 Å². The third-order valence-corrected chi connectivity index (χ3v) is 3.46. The molecule has 1 amide bonds. The van der Waals surface area contributed by atoms with E-state index < -0.39 is 18.5 Å². The van der Waals surface area contributed by atoms with E-state index in [0.29, 0.717) is 23.6 Å². The molecule has 0 aromatic carbocycles. The Morgan fingerprint density at radius 2 is 2.10 bits per heavy atom. The summed E-state index contributed by atoms with van der Waals surface area (Å²) in [6.07, 6.45) is -2.09. The minimum Gasteiger partial charge on any atom is -0.489 e. The van der Waals surface area contributed by atoms with Crippen molar-refractivity contribution in [2.75, 3.05) is 13.1 Å². The van der Waals surface area contributed by atoms with Crippen molar-refractivity contribution in [1.29, 1.82) is 0 Å². The van der Waals surface area contributed by atoms with Gasteiger partial charge in [0.2, 0.25) is 5.91 Å². The van der Waals surface area contributed by atoms with Gasteiger partial charge in [0.15, 0.2) is 0 Å². The molecule has 21 heavy (non-hydrogen) atoms. The van der Waals surface area contributed by atoms with Gasteiger partial charge in [0, 0.05) is 44.4 Å². The van der Waals surface area contributed by atoms with Crippen LogP contribution in [0.3, 0.4) is 0 Å². The van der Waals surface area contributed by atoms with E-state index in [1.807, 2.05) is 0 Å². The number of nitrogens with zero attached hydrogens (tertiary/aromatic N) is 2. The number of ether oxygens (including phenoxy) is 1. The number of hydrogen-bond acceptors (Lipinski definition) is 3. The molecular formula is C13H14ClF3N2O2. The number of alkyl halides is 3. The number of pyridine rings is 1. The van der Waals surface area contributed by atoms with E-state index in [0.717, 1.165) is 0 Å². The van der Waals surface area contributed by atoms with Crippen LogP contribution in [0.1, 0.15) is 19.3 Å². The second-order valence-electron chi connectivity index (χ2n) is 4.80. The molecule has 1 aromatic heterocycles. The van der Waals surface area contributed by atoms with Crippen molar-refractivity contribution in [2.24, 2.45) is 0 Å². The molecule has 0 atom stereocenters. The minimum absolute atomic E-state index is 0.167. The predicted molar refractivity (Wildman–Crippen MR) is 70.1 cm³/mol. The molecular weight excluding hydrogens is 309 g/mol. The lowest BCUT2D eigenvalue weighted by atomic mass is 10.1. The van der Waals surface area contributed by atoms with Crippen molar-refractivity contribution < 1.29 is 22.7 Å². The Morgan fingerprint density at radius 3 is 2.67 bits per heavy atom. The molecule has 116 valence electrons. The Hall–Kier alpha value is -1.50. The van der Waals surface area contributed by atoms with Crippen molar-refractivity contribution in [3.8, 4) is 5.75 Å². The normalized spacial score (nSPS) is 16.9. The van der Waals surface area contributed by atoms with Gasteiger partial charge in [0.05, 0.1) is 0 Å². The van der Waals surface area contributed by atoms with Crippen LogP contribution >= 0.6 is 11.6 Å². The van der Waals surface area contributed by atoms with E-state index in [1.165, 1.54) is 11.1 Å². The molecule has 0 bridgehead atoms. The summed E-state index contributed by atoms with van der Waals surface area (Å²) in [5.74, 6) is -0.394. The molecule has 0 radical (unpaired) electrons. The largest absolute Gasteiger partial charge is 0.489 e. The number of carbonyl (C=O) groups is 1. The van der Waals surface area contributed by atoms with Gasteiger partial charge in [-0.05, 0) is 0 Å². The van der Waals surface area contributed by atoms with Crippen LogP contribution in [0.4, 0.5) is 13.2 Å². The maximum absolute atomic E-state index is 12.2. The fraction of sp³-hybridized carbons (Fsp3) is 0.538. The molecule has 1 fully saturated rings. The van der Waals surface area contributed by atoms with Gasteiger partial charge >= 0.3 is 6.18 Å². The molecule has 0 N–H and O–H groups in total. The van der Waals surface area contributed by atoms with Crippen LogP contribution in [0.25, 0.3) is 0 Å². The number of hydrogen-bond donors (Lipinski definition) is 0. The fourth-order valence-corrected chi connectivity index (χ4v) is 2.31. The third kappa shape index (κ3) is 4.77. The number of carbonyl (C=O) groups excluding carboxylic acids is 1. The first kappa shape index (κ1) is 15.9. The van der Waals surface area contributed by atoms with Gasteiger partial charge in [-0.25, -0.2) is 0 Å². The molecule has 2 heterocycles. The smallest absolute Gasteiger partial charge is 0.397 e. The zero-order chi connectivity index (χ0) is 15.5. The van der Waals surface area contributed by atoms with E-state index in [-0.39, 0.29) is 19.2 Å². The highest BCUT2D eigenvalue weighted by Crippen LogP contribution is 2.27. The molecule has 0 aliphatic carbocycles. The fourth-order valence-electron chi connectivity index (χ4n) is 2.14. The average Bonchev–Trinajstić information content (AvgIpc) is 2.40. The second-order valence-corrected chi connectivity index (χ2v) is 5.20. The average molecular weight is 323 g/mol. The van der Waals surface area contributed by atoms with E-state index in [1.54, 1.807) is 12.3 Å². The lowest BCUT2D eigenvalue weighted by Gasteiger charge is -2.32. The quantitative estimate of drug-likeness (QED) is 0.859. The first-order valence-corrected chi connectivity index (χ1v) is 6.83. The molecule has 4 nitrogen and oxygen atoms in total. The first-order valence-electron chi connectivity index (χ1n) is 6.46. The van der Waals surface area contributed by atoms with Gasteiger partial charge in [-0.15, -0.1) is 0 Å². The summed E-state index contributed by atoms with van der Waals surface area (Å²) < 4.78 is 42.2. The van der Waals surface area contributed by atoms with Crippen LogP contribution in [-0.4, -0.2) is 41.2 Å². The Bertz CT molecular complexity index is 502. The molecule has 0 saturated carbocycles. The Labute approximate surface area is 124 Å². The number of aromatic nitrogens is 1. The number of rotatable bonds is 3. The van der Waals surface area contributed by atoms with Crippen LogP contribution in [0.15, 0.2) is 18.5 Å². The van der Waals surface area contributed by atoms with Crippen LogP contribution in [-0.2, 0) is 4.79 Å². The summed E-state index contributed by atoms with van der Waals surface area (Å²) in [5, 5.41) is 0.382. The van der Waals surface area contributed by atoms with Gasteiger partial charge in [0.1, 0.15) is 23.3 Å². The maximum atomic E-state index is 12.2. The van der Waals surface area contributed by atoms with E-state index >= 15 is 0 Å². The molecule has 1 saturated heterocycles. The molecule has 8 heteroatoms. The molecule has 1 aliphatic rings. The zero-order valence-electron chi connectivity index (χ0n) is 11.1. The zero-order valence-corrected chi connectivity index (χ0v) is 11.8. The van der Waals surface area contributed by atoms with Crippen molar-refractivity contribution in [3.63, 3.8) is 0 Å². The number of amides is 1. The van der Waals surface area contributed by atoms with Crippen LogP contribution in [0, 0.1) is 0 Å². The lowest BCUT2D eigenvalue weighted by molar-refractivity contribution is -0.162. The van der Waals surface area contributed by atoms with Crippen LogP contribution in [0.5, 0.6) is 5.75 Å². The van der Waals surface area contributed by atoms with Crippen LogP contribution < -0.4 is 4.74 Å². The summed E-state index contributed by atoms with van der Waals surface area (Å²) in [6, 6.07) is 1.63. The van der Waals surface area contributed by atoms with Crippen molar-refractivity contribution in [3.05, 3.63) is 23.5 Å². The maximum Gasteiger partial charge on any atom is 0.397 e. The minimum atomic E-state index is -4.46. The topological polar surface area (TPSA) is 42.4 Å². The molecule has 1 aliphatic heterocycles. The highest BCUT2D eigenvalue weighted by Gasteiger charge is 2.34. The second kappa shape index (κ2) is 6.51. The first-order chi connectivity index (χ1) is 9.85. The van der Waals surface area contributed by atoms with E-state index in [4.69, 9.17) is 16.3 Å². The van der Waals surface area contributed by atoms with Crippen LogP contribution in [0.2, 0.25) is 5.02 Å². The molecule has 0 spiro atoms. The highest BCUT2D eigenvalue weighted by molar-refractivity contribution is 6.31. The third-order valence-electron chi connectivity index (χ3n) is 3.18. The van der Waals surface area contributed by atoms with Crippen molar-refractivity contribution in [2.45, 2.75) is 31.5 Å². The summed E-state index contributed by atoms with van der Waals surface area (Å²) in [4.78, 5) is 16.5.